The quantitative estimate of drug-likeness (QED) is 0.665. The summed E-state index contributed by atoms with van der Waals surface area (Å²) in [6.45, 7) is 9.77. The molecule has 0 aliphatic heterocycles. The molecular weight excluding hydrogens is 403 g/mol. The first-order valence-electron chi connectivity index (χ1n) is 10.1. The second-order valence-electron chi connectivity index (χ2n) is 8.55. The van der Waals surface area contributed by atoms with Crippen LogP contribution in [0.1, 0.15) is 50.8 Å². The maximum atomic E-state index is 14.3. The lowest BCUT2D eigenvalue weighted by Crippen LogP contribution is -2.53. The van der Waals surface area contributed by atoms with E-state index in [4.69, 9.17) is 11.6 Å². The van der Waals surface area contributed by atoms with Crippen molar-refractivity contribution in [3.63, 3.8) is 0 Å². The summed E-state index contributed by atoms with van der Waals surface area (Å²) in [7, 11) is 0. The van der Waals surface area contributed by atoms with Gasteiger partial charge in [0.25, 0.3) is 0 Å². The Kier molecular flexibility index (Phi) is 8.02. The van der Waals surface area contributed by atoms with Crippen molar-refractivity contribution in [2.75, 3.05) is 0 Å². The van der Waals surface area contributed by atoms with Gasteiger partial charge in [-0.3, -0.25) is 9.59 Å². The van der Waals surface area contributed by atoms with Crippen molar-refractivity contribution in [1.29, 1.82) is 0 Å². The number of aryl methyl sites for hydroxylation is 1. The fourth-order valence-corrected chi connectivity index (χ4v) is 3.45. The number of rotatable bonds is 7. The molecule has 0 heterocycles. The van der Waals surface area contributed by atoms with Crippen LogP contribution < -0.4 is 5.32 Å². The number of benzene rings is 2. The van der Waals surface area contributed by atoms with E-state index in [9.17, 15) is 14.0 Å². The third-order valence-electron chi connectivity index (χ3n) is 4.75. The largest absolute Gasteiger partial charge is 0.350 e. The summed E-state index contributed by atoms with van der Waals surface area (Å²) in [6, 6.07) is 11.4. The lowest BCUT2D eigenvalue weighted by Gasteiger charge is -2.33. The molecule has 2 aromatic carbocycles. The molecule has 0 aromatic heterocycles. The summed E-state index contributed by atoms with van der Waals surface area (Å²) in [5.41, 5.74) is 1.71. The predicted octanol–water partition coefficient (Wildman–Crippen LogP) is 5.05. The molecule has 0 unspecified atom stereocenters. The fraction of sp³-hybridized carbons (Fsp3) is 0.417. The number of nitrogens with one attached hydrogen (secondary N) is 1. The summed E-state index contributed by atoms with van der Waals surface area (Å²) in [5.74, 6) is -1.11. The number of hydrogen-bond acceptors (Lipinski definition) is 2. The Balaban J connectivity index is 2.36. The van der Waals surface area contributed by atoms with E-state index in [1.54, 1.807) is 6.07 Å². The fourth-order valence-electron chi connectivity index (χ4n) is 3.22. The van der Waals surface area contributed by atoms with E-state index in [0.29, 0.717) is 6.42 Å². The van der Waals surface area contributed by atoms with Gasteiger partial charge in [0.1, 0.15) is 11.9 Å². The van der Waals surface area contributed by atoms with Gasteiger partial charge >= 0.3 is 0 Å². The molecule has 0 aliphatic carbocycles. The zero-order chi connectivity index (χ0) is 22.5. The van der Waals surface area contributed by atoms with Crippen LogP contribution in [0.15, 0.2) is 42.5 Å². The topological polar surface area (TPSA) is 49.4 Å². The van der Waals surface area contributed by atoms with Crippen molar-refractivity contribution in [2.45, 2.75) is 65.6 Å². The first-order valence-corrected chi connectivity index (χ1v) is 10.5. The summed E-state index contributed by atoms with van der Waals surface area (Å²) in [4.78, 5) is 27.8. The Morgan fingerprint density at radius 2 is 1.77 bits per heavy atom. The molecule has 0 saturated heterocycles. The van der Waals surface area contributed by atoms with Crippen LogP contribution in [0.25, 0.3) is 0 Å². The summed E-state index contributed by atoms with van der Waals surface area (Å²) < 4.78 is 14.3. The lowest BCUT2D eigenvalue weighted by molar-refractivity contribution is -0.141. The molecule has 0 radical (unpaired) electrons. The zero-order valence-electron chi connectivity index (χ0n) is 18.3. The summed E-state index contributed by atoms with van der Waals surface area (Å²) >= 11 is 6.13. The van der Waals surface area contributed by atoms with Gasteiger partial charge in [-0.25, -0.2) is 4.39 Å². The van der Waals surface area contributed by atoms with Crippen LogP contribution in [-0.2, 0) is 22.6 Å². The zero-order valence-corrected chi connectivity index (χ0v) is 19.0. The minimum absolute atomic E-state index is 0.143. The standard InChI is InChI=1S/C24H30ClFN2O2/c1-6-21(23(30)27-24(3,4)5)28(15-17-12-10-16(2)11-13-17)22(29)14-18-19(25)8-7-9-20(18)26/h7-13,21H,6,14-15H2,1-5H3,(H,27,30)/t21-/m1/s1. The van der Waals surface area contributed by atoms with Crippen molar-refractivity contribution in [1.82, 2.24) is 10.2 Å². The molecule has 162 valence electrons. The van der Waals surface area contributed by atoms with Crippen molar-refractivity contribution in [3.05, 3.63) is 70.0 Å². The maximum absolute atomic E-state index is 14.3. The molecule has 2 aromatic rings. The first kappa shape index (κ1) is 23.9. The van der Waals surface area contributed by atoms with Gasteiger partial charge in [-0.15, -0.1) is 0 Å². The molecule has 4 nitrogen and oxygen atoms in total. The predicted molar refractivity (Wildman–Crippen MR) is 119 cm³/mol. The molecule has 0 aliphatic rings. The highest BCUT2D eigenvalue weighted by atomic mass is 35.5. The van der Waals surface area contributed by atoms with Crippen LogP contribution in [0.3, 0.4) is 0 Å². The van der Waals surface area contributed by atoms with Crippen LogP contribution in [-0.4, -0.2) is 28.3 Å². The van der Waals surface area contributed by atoms with E-state index >= 15 is 0 Å². The highest BCUT2D eigenvalue weighted by Crippen LogP contribution is 2.22. The molecule has 2 rings (SSSR count). The van der Waals surface area contributed by atoms with Crippen molar-refractivity contribution in [2.24, 2.45) is 0 Å². The normalized spacial score (nSPS) is 12.4. The van der Waals surface area contributed by atoms with E-state index in [1.165, 1.54) is 17.0 Å². The van der Waals surface area contributed by atoms with Gasteiger partial charge in [-0.2, -0.15) is 0 Å². The van der Waals surface area contributed by atoms with Gasteiger partial charge in [0.05, 0.1) is 6.42 Å². The Bertz CT molecular complexity index is 871. The highest BCUT2D eigenvalue weighted by molar-refractivity contribution is 6.31. The lowest BCUT2D eigenvalue weighted by atomic mass is 10.0. The van der Waals surface area contributed by atoms with E-state index in [0.717, 1.165) is 11.1 Å². The third-order valence-corrected chi connectivity index (χ3v) is 5.10. The van der Waals surface area contributed by atoms with Crippen molar-refractivity contribution in [3.8, 4) is 0 Å². The Labute approximate surface area is 183 Å². The van der Waals surface area contributed by atoms with Crippen molar-refractivity contribution >= 4 is 23.4 Å². The minimum atomic E-state index is -0.677. The molecule has 30 heavy (non-hydrogen) atoms. The molecule has 0 fully saturated rings. The SMILES string of the molecule is CC[C@H](C(=O)NC(C)(C)C)N(Cc1ccc(C)cc1)C(=O)Cc1c(F)cccc1Cl. The second-order valence-corrected chi connectivity index (χ2v) is 8.95. The van der Waals surface area contributed by atoms with Crippen LogP contribution in [0.4, 0.5) is 4.39 Å². The highest BCUT2D eigenvalue weighted by Gasteiger charge is 2.31. The van der Waals surface area contributed by atoms with Gasteiger partial charge in [0, 0.05) is 22.7 Å². The van der Waals surface area contributed by atoms with E-state index < -0.39 is 17.4 Å². The van der Waals surface area contributed by atoms with Gasteiger partial charge in [-0.05, 0) is 51.8 Å². The molecule has 0 bridgehead atoms. The number of hydrogen-bond donors (Lipinski definition) is 1. The molecule has 6 heteroatoms. The maximum Gasteiger partial charge on any atom is 0.243 e. The molecular formula is C24H30ClFN2O2. The molecule has 1 N–H and O–H groups in total. The minimum Gasteiger partial charge on any atom is -0.350 e. The number of halogens is 2. The first-order chi connectivity index (χ1) is 14.0. The third kappa shape index (κ3) is 6.56. The van der Waals surface area contributed by atoms with Gasteiger partial charge in [0.15, 0.2) is 0 Å². The second kappa shape index (κ2) is 10.1. The number of amides is 2. The van der Waals surface area contributed by atoms with E-state index in [2.05, 4.69) is 5.32 Å². The summed E-state index contributed by atoms with van der Waals surface area (Å²) in [6.07, 6.45) is 0.223. The van der Waals surface area contributed by atoms with Crippen molar-refractivity contribution < 1.29 is 14.0 Å². The Morgan fingerprint density at radius 3 is 2.30 bits per heavy atom. The smallest absolute Gasteiger partial charge is 0.243 e. The van der Waals surface area contributed by atoms with Crippen LogP contribution in [0, 0.1) is 12.7 Å². The molecule has 0 spiro atoms. The average molecular weight is 433 g/mol. The van der Waals surface area contributed by atoms with Gasteiger partial charge < -0.3 is 10.2 Å². The molecule has 1 atom stereocenters. The number of nitrogens with zero attached hydrogens (tertiary/aromatic N) is 1. The molecule has 2 amide bonds. The average Bonchev–Trinajstić information content (AvgIpc) is 2.64. The number of carbonyl (C=O) groups is 2. The monoisotopic (exact) mass is 432 g/mol. The van der Waals surface area contributed by atoms with E-state index in [1.807, 2.05) is 58.9 Å². The summed E-state index contributed by atoms with van der Waals surface area (Å²) in [5, 5.41) is 3.15. The van der Waals surface area contributed by atoms with Gasteiger partial charge in [-0.1, -0.05) is 54.4 Å². The van der Waals surface area contributed by atoms with E-state index in [-0.39, 0.29) is 35.4 Å². The van der Waals surface area contributed by atoms with Gasteiger partial charge in [0.2, 0.25) is 11.8 Å². The van der Waals surface area contributed by atoms with Crippen LogP contribution >= 0.6 is 11.6 Å². The Hall–Kier alpha value is -2.40. The Morgan fingerprint density at radius 1 is 1.13 bits per heavy atom. The van der Waals surface area contributed by atoms with Crippen LogP contribution in [0.5, 0.6) is 0 Å². The van der Waals surface area contributed by atoms with Crippen LogP contribution in [0.2, 0.25) is 5.02 Å². The number of carbonyl (C=O) groups excluding carboxylic acids is 2. The molecule has 0 saturated carbocycles.